The number of rotatable bonds is 20. The fourth-order valence-corrected chi connectivity index (χ4v) is 9.75. The zero-order chi connectivity index (χ0) is 47.9. The van der Waals surface area contributed by atoms with Gasteiger partial charge in [0.05, 0.1) is 18.9 Å². The highest BCUT2D eigenvalue weighted by molar-refractivity contribution is 7.87. The molecule has 4 rings (SSSR count). The van der Waals surface area contributed by atoms with Crippen LogP contribution < -0.4 is 9.47 Å². The van der Waals surface area contributed by atoms with Crippen molar-refractivity contribution in [3.8, 4) is 11.5 Å². The van der Waals surface area contributed by atoms with Gasteiger partial charge in [0.15, 0.2) is 5.71 Å². The van der Waals surface area contributed by atoms with Crippen LogP contribution in [0.15, 0.2) is 92.9 Å². The number of ether oxygens (including phenoxy) is 2. The van der Waals surface area contributed by atoms with Crippen molar-refractivity contribution in [3.63, 3.8) is 0 Å². The fraction of sp³-hybridized carbons (Fsp3) is 0.469. The molecule has 0 bridgehead atoms. The molecule has 10 nitrogen and oxygen atoms in total. The van der Waals surface area contributed by atoms with Crippen molar-refractivity contribution in [2.24, 2.45) is 10.3 Å². The molecule has 0 saturated carbocycles. The van der Waals surface area contributed by atoms with Crippen LogP contribution in [0.5, 0.6) is 11.5 Å². The Morgan fingerprint density at radius 2 is 0.844 bits per heavy atom. The summed E-state index contributed by atoms with van der Waals surface area (Å²) in [5.74, 6) is 0.506. The molecule has 15 heteroatoms. The van der Waals surface area contributed by atoms with E-state index in [1.165, 1.54) is 12.1 Å². The van der Waals surface area contributed by atoms with Gasteiger partial charge in [-0.3, -0.25) is 8.57 Å². The lowest BCUT2D eigenvalue weighted by Crippen LogP contribution is -2.25. The van der Waals surface area contributed by atoms with Gasteiger partial charge in [-0.1, -0.05) is 118 Å². The largest absolute Gasteiger partial charge is 0.493 e. The molecule has 0 aromatic heterocycles. The SMILES string of the molecule is C/C(=N\OS(=O)(=O)c1c(C(C)C)cc(C(C)C)cc1C(C)C)c1ccc(OCCCOc2ccc(/C(=N/OS(=O)(=O)c3c(C(C)C)cc(C(C)C)cc3C(C)C)C(F)(F)F)cc2)cc1. The van der Waals surface area contributed by atoms with Gasteiger partial charge in [-0.2, -0.15) is 30.0 Å². The van der Waals surface area contributed by atoms with Gasteiger partial charge in [-0.15, -0.1) is 0 Å². The summed E-state index contributed by atoms with van der Waals surface area (Å²) in [6, 6.07) is 19.2. The van der Waals surface area contributed by atoms with Crippen LogP contribution in [0.2, 0.25) is 0 Å². The lowest BCUT2D eigenvalue weighted by molar-refractivity contribution is -0.0597. The molecule has 0 atom stereocenters. The second-order valence-corrected chi connectivity index (χ2v) is 20.7. The van der Waals surface area contributed by atoms with Gasteiger partial charge in [0.2, 0.25) is 0 Å². The normalized spacial score (nSPS) is 13.2. The highest BCUT2D eigenvalue weighted by Gasteiger charge is 2.39. The molecule has 0 N–H and O–H groups in total. The van der Waals surface area contributed by atoms with Crippen LogP contribution in [0.1, 0.15) is 176 Å². The van der Waals surface area contributed by atoms with Crippen LogP contribution in [0.4, 0.5) is 13.2 Å². The average Bonchev–Trinajstić information content (AvgIpc) is 3.21. The van der Waals surface area contributed by atoms with Crippen LogP contribution in [-0.2, 0) is 28.8 Å². The summed E-state index contributed by atoms with van der Waals surface area (Å²) in [6.07, 6.45) is -4.60. The predicted molar refractivity (Wildman–Crippen MR) is 247 cm³/mol. The highest BCUT2D eigenvalue weighted by atomic mass is 32.2. The monoisotopic (exact) mass is 928 g/mol. The lowest BCUT2D eigenvalue weighted by atomic mass is 9.89. The van der Waals surface area contributed by atoms with Crippen molar-refractivity contribution < 1.29 is 48.0 Å². The molecule has 0 radical (unpaired) electrons. The van der Waals surface area contributed by atoms with Crippen LogP contribution in [0.3, 0.4) is 0 Å². The summed E-state index contributed by atoms with van der Waals surface area (Å²) >= 11 is 0. The second-order valence-electron chi connectivity index (χ2n) is 17.8. The molecule has 0 fully saturated rings. The second kappa shape index (κ2) is 21.4. The van der Waals surface area contributed by atoms with Crippen LogP contribution in [0, 0.1) is 0 Å². The van der Waals surface area contributed by atoms with E-state index in [4.69, 9.17) is 18.0 Å². The highest BCUT2D eigenvalue weighted by Crippen LogP contribution is 2.38. The smallest absolute Gasteiger partial charge is 0.437 e. The molecule has 64 heavy (non-hydrogen) atoms. The quantitative estimate of drug-likeness (QED) is 0.0486. The number of alkyl halides is 3. The summed E-state index contributed by atoms with van der Waals surface area (Å²) in [5, 5.41) is 7.20. The van der Waals surface area contributed by atoms with Gasteiger partial charge >= 0.3 is 26.4 Å². The molecular formula is C49H63F3N2O8S2. The Labute approximate surface area is 378 Å². The molecule has 0 saturated heterocycles. The summed E-state index contributed by atoms with van der Waals surface area (Å²) in [4.78, 5) is -0.00460. The van der Waals surface area contributed by atoms with E-state index in [0.29, 0.717) is 45.7 Å². The van der Waals surface area contributed by atoms with Crippen LogP contribution in [0.25, 0.3) is 0 Å². The molecule has 0 aliphatic carbocycles. The Bertz CT molecular complexity index is 2450. The Morgan fingerprint density at radius 3 is 1.16 bits per heavy atom. The number of hydrogen-bond acceptors (Lipinski definition) is 10. The molecule has 350 valence electrons. The third-order valence-corrected chi connectivity index (χ3v) is 13.1. The molecule has 0 unspecified atom stereocenters. The van der Waals surface area contributed by atoms with Crippen molar-refractivity contribution in [3.05, 3.63) is 117 Å². The number of halogens is 3. The zero-order valence-corrected chi connectivity index (χ0v) is 40.8. The van der Waals surface area contributed by atoms with E-state index in [1.54, 1.807) is 43.3 Å². The molecule has 0 amide bonds. The maximum absolute atomic E-state index is 14.3. The average molecular weight is 929 g/mol. The molecule has 0 heterocycles. The Kier molecular flexibility index (Phi) is 17.3. The standard InChI is InChI=1S/C49H63F3N2O8S2/c1-29(2)38-25-42(31(5)6)46(43(26-38)32(7)8)63(55,56)61-53-35(13)36-15-19-40(20-16-36)59-23-14-24-60-41-21-17-37(18-22-41)48(49(50,51)52)54-62-64(57,58)47-44(33(9)10)27-39(30(3)4)28-45(47)34(11)12/h15-22,25-34H,14,23-24H2,1-13H3/b53-35+,54-48-. The molecule has 4 aromatic rings. The van der Waals surface area contributed by atoms with Gasteiger partial charge in [-0.05, 0) is 130 Å². The summed E-state index contributed by atoms with van der Waals surface area (Å²) < 4.78 is 119. The number of nitrogens with zero attached hydrogens (tertiary/aromatic N) is 2. The predicted octanol–water partition coefficient (Wildman–Crippen LogP) is 13.1. The van der Waals surface area contributed by atoms with Gasteiger partial charge in [0, 0.05) is 12.0 Å². The molecule has 0 aliphatic rings. The van der Waals surface area contributed by atoms with Crippen molar-refractivity contribution in [2.45, 2.75) is 148 Å². The minimum absolute atomic E-state index is 0.0600. The molecular weight excluding hydrogens is 866 g/mol. The van der Waals surface area contributed by atoms with Gasteiger partial charge in [0.25, 0.3) is 0 Å². The van der Waals surface area contributed by atoms with Crippen molar-refractivity contribution in [1.82, 2.24) is 0 Å². The summed E-state index contributed by atoms with van der Waals surface area (Å²) in [5.41, 5.74) is 3.33. The maximum Gasteiger partial charge on any atom is 0.437 e. The van der Waals surface area contributed by atoms with Gasteiger partial charge in [0.1, 0.15) is 21.3 Å². The van der Waals surface area contributed by atoms with Crippen LogP contribution in [-0.4, -0.2) is 47.6 Å². The van der Waals surface area contributed by atoms with E-state index in [0.717, 1.165) is 23.3 Å². The topological polar surface area (TPSA) is 130 Å². The first-order valence-electron chi connectivity index (χ1n) is 21.6. The Hall–Kier alpha value is -4.89. The number of hydrogen-bond donors (Lipinski definition) is 0. The number of benzene rings is 4. The van der Waals surface area contributed by atoms with Crippen LogP contribution >= 0.6 is 0 Å². The minimum Gasteiger partial charge on any atom is -0.493 e. The van der Waals surface area contributed by atoms with E-state index in [9.17, 15) is 30.0 Å². The third kappa shape index (κ3) is 13.1. The van der Waals surface area contributed by atoms with E-state index in [-0.39, 0.29) is 64.3 Å². The zero-order valence-electron chi connectivity index (χ0n) is 39.1. The first-order chi connectivity index (χ1) is 29.7. The minimum atomic E-state index is -5.04. The Balaban J connectivity index is 1.37. The van der Waals surface area contributed by atoms with E-state index in [1.807, 2.05) is 81.4 Å². The van der Waals surface area contributed by atoms with E-state index >= 15 is 0 Å². The molecule has 0 aliphatic heterocycles. The van der Waals surface area contributed by atoms with E-state index < -0.39 is 37.7 Å². The third-order valence-electron chi connectivity index (χ3n) is 10.7. The fourth-order valence-electron chi connectivity index (χ4n) is 6.88. The summed E-state index contributed by atoms with van der Waals surface area (Å²) in [6.45, 7) is 25.3. The van der Waals surface area contributed by atoms with Gasteiger partial charge < -0.3 is 9.47 Å². The first-order valence-corrected chi connectivity index (χ1v) is 24.5. The Morgan fingerprint density at radius 1 is 0.516 bits per heavy atom. The van der Waals surface area contributed by atoms with Crippen molar-refractivity contribution >= 4 is 31.7 Å². The van der Waals surface area contributed by atoms with Crippen molar-refractivity contribution in [1.29, 1.82) is 0 Å². The first kappa shape index (κ1) is 51.7. The summed E-state index contributed by atoms with van der Waals surface area (Å²) in [7, 11) is -8.99. The maximum atomic E-state index is 14.3. The van der Waals surface area contributed by atoms with Gasteiger partial charge in [-0.25, -0.2) is 0 Å². The lowest BCUT2D eigenvalue weighted by Gasteiger charge is -2.21. The van der Waals surface area contributed by atoms with Crippen molar-refractivity contribution in [2.75, 3.05) is 13.2 Å². The molecule has 4 aromatic carbocycles. The van der Waals surface area contributed by atoms with E-state index in [2.05, 4.69) is 24.2 Å². The molecule has 0 spiro atoms. The number of oxime groups is 2.